The van der Waals surface area contributed by atoms with Crippen LogP contribution in [0.1, 0.15) is 25.8 Å². The van der Waals surface area contributed by atoms with Crippen LogP contribution in [0.4, 0.5) is 0 Å². The van der Waals surface area contributed by atoms with E-state index in [0.29, 0.717) is 24.7 Å². The van der Waals surface area contributed by atoms with E-state index in [-0.39, 0.29) is 36.7 Å². The predicted octanol–water partition coefficient (Wildman–Crippen LogP) is 1.98. The van der Waals surface area contributed by atoms with Gasteiger partial charge in [-0.1, -0.05) is 29.8 Å². The first kappa shape index (κ1) is 19.7. The van der Waals surface area contributed by atoms with E-state index < -0.39 is 6.04 Å². The van der Waals surface area contributed by atoms with Crippen molar-refractivity contribution in [3.05, 3.63) is 34.9 Å². The third-order valence-corrected chi connectivity index (χ3v) is 3.91. The molecule has 1 unspecified atom stereocenters. The van der Waals surface area contributed by atoms with Crippen molar-refractivity contribution in [2.24, 2.45) is 0 Å². The molecule has 5 nitrogen and oxygen atoms in total. The summed E-state index contributed by atoms with van der Waals surface area (Å²) in [4.78, 5) is 26.1. The van der Waals surface area contributed by atoms with Gasteiger partial charge >= 0.3 is 0 Å². The van der Waals surface area contributed by atoms with Gasteiger partial charge in [-0.3, -0.25) is 9.59 Å². The minimum Gasteiger partial charge on any atom is -0.354 e. The van der Waals surface area contributed by atoms with Crippen LogP contribution in [0.3, 0.4) is 0 Å². The Morgan fingerprint density at radius 3 is 2.78 bits per heavy atom. The largest absolute Gasteiger partial charge is 0.354 e. The number of hydrogen-bond acceptors (Lipinski definition) is 3. The van der Waals surface area contributed by atoms with Gasteiger partial charge in [0.25, 0.3) is 0 Å². The monoisotopic (exact) mass is 359 g/mol. The number of rotatable bonds is 5. The van der Waals surface area contributed by atoms with E-state index in [1.807, 2.05) is 38.1 Å². The number of amides is 2. The summed E-state index contributed by atoms with van der Waals surface area (Å²) >= 11 is 6.15. The molecule has 1 aromatic carbocycles. The van der Waals surface area contributed by atoms with Gasteiger partial charge in [0.05, 0.1) is 12.5 Å². The molecule has 7 heteroatoms. The maximum absolute atomic E-state index is 12.5. The number of halogens is 2. The summed E-state index contributed by atoms with van der Waals surface area (Å²) in [7, 11) is 0. The van der Waals surface area contributed by atoms with Crippen LogP contribution in [0.5, 0.6) is 0 Å². The highest BCUT2D eigenvalue weighted by Crippen LogP contribution is 2.18. The van der Waals surface area contributed by atoms with Gasteiger partial charge in [0.2, 0.25) is 11.8 Å². The summed E-state index contributed by atoms with van der Waals surface area (Å²) in [6, 6.07) is 7.11. The fraction of sp³-hybridized carbons (Fsp3) is 0.500. The van der Waals surface area contributed by atoms with Crippen LogP contribution in [0, 0.1) is 0 Å². The lowest BCUT2D eigenvalue weighted by atomic mass is 10.1. The van der Waals surface area contributed by atoms with Crippen LogP contribution in [0.25, 0.3) is 0 Å². The van der Waals surface area contributed by atoms with E-state index in [9.17, 15) is 9.59 Å². The van der Waals surface area contributed by atoms with E-state index in [2.05, 4.69) is 10.6 Å². The van der Waals surface area contributed by atoms with Gasteiger partial charge in [0.1, 0.15) is 0 Å². The molecule has 128 valence electrons. The predicted molar refractivity (Wildman–Crippen MR) is 93.8 cm³/mol. The molecule has 1 heterocycles. The Bertz CT molecular complexity index is 552. The number of hydrogen-bond donors (Lipinski definition) is 2. The zero-order chi connectivity index (χ0) is 16.1. The first-order valence-corrected chi connectivity index (χ1v) is 7.90. The fourth-order valence-electron chi connectivity index (χ4n) is 2.51. The van der Waals surface area contributed by atoms with Gasteiger partial charge in [-0.25, -0.2) is 0 Å². The highest BCUT2D eigenvalue weighted by Gasteiger charge is 2.30. The summed E-state index contributed by atoms with van der Waals surface area (Å²) in [5.41, 5.74) is 0.921. The molecule has 0 bridgehead atoms. The first-order chi connectivity index (χ1) is 10.5. The van der Waals surface area contributed by atoms with Crippen LogP contribution in [0.2, 0.25) is 5.02 Å². The lowest BCUT2D eigenvalue weighted by molar-refractivity contribution is -0.138. The van der Waals surface area contributed by atoms with Crippen molar-refractivity contribution in [2.45, 2.75) is 38.9 Å². The average Bonchev–Trinajstić information content (AvgIpc) is 2.44. The highest BCUT2D eigenvalue weighted by molar-refractivity contribution is 6.31. The molecule has 1 aliphatic heterocycles. The van der Waals surface area contributed by atoms with Gasteiger partial charge in [-0.2, -0.15) is 0 Å². The molecular weight excluding hydrogens is 337 g/mol. The van der Waals surface area contributed by atoms with Crippen molar-refractivity contribution in [3.8, 4) is 0 Å². The fourth-order valence-corrected chi connectivity index (χ4v) is 2.70. The molecule has 1 fully saturated rings. The van der Waals surface area contributed by atoms with Gasteiger partial charge in [0.15, 0.2) is 0 Å². The van der Waals surface area contributed by atoms with Gasteiger partial charge in [0, 0.05) is 30.7 Å². The van der Waals surface area contributed by atoms with Crippen molar-refractivity contribution in [2.75, 3.05) is 13.1 Å². The molecule has 2 N–H and O–H groups in total. The quantitative estimate of drug-likeness (QED) is 0.844. The number of benzene rings is 1. The molecule has 1 atom stereocenters. The second kappa shape index (κ2) is 9.11. The maximum Gasteiger partial charge on any atom is 0.240 e. The average molecular weight is 360 g/mol. The third-order valence-electron chi connectivity index (χ3n) is 3.54. The molecule has 2 amide bonds. The molecule has 0 aliphatic carbocycles. The van der Waals surface area contributed by atoms with E-state index in [1.54, 1.807) is 4.90 Å². The number of nitrogens with one attached hydrogen (secondary N) is 2. The zero-order valence-electron chi connectivity index (χ0n) is 13.3. The molecule has 0 spiro atoms. The van der Waals surface area contributed by atoms with Crippen LogP contribution in [-0.2, 0) is 16.1 Å². The molecule has 2 rings (SSSR count). The van der Waals surface area contributed by atoms with Crippen molar-refractivity contribution < 1.29 is 9.59 Å². The lowest BCUT2D eigenvalue weighted by Crippen LogP contribution is -2.56. The Morgan fingerprint density at radius 2 is 2.13 bits per heavy atom. The third kappa shape index (κ3) is 5.68. The van der Waals surface area contributed by atoms with Crippen molar-refractivity contribution in [1.82, 2.24) is 15.5 Å². The highest BCUT2D eigenvalue weighted by atomic mass is 35.5. The molecule has 23 heavy (non-hydrogen) atoms. The first-order valence-electron chi connectivity index (χ1n) is 7.52. The molecule has 0 saturated carbocycles. The van der Waals surface area contributed by atoms with Gasteiger partial charge < -0.3 is 15.5 Å². The number of piperazine rings is 1. The second-order valence-corrected chi connectivity index (χ2v) is 6.19. The molecule has 1 aliphatic rings. The molecule has 1 saturated heterocycles. The van der Waals surface area contributed by atoms with Crippen molar-refractivity contribution in [3.63, 3.8) is 0 Å². The van der Waals surface area contributed by atoms with Crippen LogP contribution >= 0.6 is 24.0 Å². The Labute approximate surface area is 148 Å². The molecule has 1 aromatic rings. The second-order valence-electron chi connectivity index (χ2n) is 5.78. The molecule has 0 aromatic heterocycles. The van der Waals surface area contributed by atoms with Crippen LogP contribution in [0.15, 0.2) is 24.3 Å². The summed E-state index contributed by atoms with van der Waals surface area (Å²) in [6.07, 6.45) is 0.163. The SMILES string of the molecule is CC(C)NC(=O)CC1NCCN(Cc2ccccc2Cl)C1=O.Cl. The number of carbonyl (C=O) groups is 2. The number of nitrogens with zero attached hydrogens (tertiary/aromatic N) is 1. The van der Waals surface area contributed by atoms with Crippen LogP contribution in [-0.4, -0.2) is 41.9 Å². The molecule has 0 radical (unpaired) electrons. The van der Waals surface area contributed by atoms with E-state index in [0.717, 1.165) is 5.56 Å². The summed E-state index contributed by atoms with van der Waals surface area (Å²) in [5.74, 6) is -0.162. The summed E-state index contributed by atoms with van der Waals surface area (Å²) in [6.45, 7) is 5.57. The maximum atomic E-state index is 12.5. The Balaban J connectivity index is 0.00000264. The Kier molecular flexibility index (Phi) is 7.82. The van der Waals surface area contributed by atoms with Crippen molar-refractivity contribution >= 4 is 35.8 Å². The summed E-state index contributed by atoms with van der Waals surface area (Å²) < 4.78 is 0. The molecular formula is C16H23Cl2N3O2. The van der Waals surface area contributed by atoms with Crippen LogP contribution < -0.4 is 10.6 Å². The topological polar surface area (TPSA) is 61.4 Å². The van der Waals surface area contributed by atoms with Gasteiger partial charge in [-0.15, -0.1) is 12.4 Å². The standard InChI is InChI=1S/C16H22ClN3O2.ClH/c1-11(2)19-15(21)9-14-16(22)20(8-7-18-14)10-12-5-3-4-6-13(12)17;/h3-6,11,14,18H,7-10H2,1-2H3,(H,19,21);1H. The lowest BCUT2D eigenvalue weighted by Gasteiger charge is -2.33. The van der Waals surface area contributed by atoms with Crippen molar-refractivity contribution in [1.29, 1.82) is 0 Å². The smallest absolute Gasteiger partial charge is 0.240 e. The zero-order valence-corrected chi connectivity index (χ0v) is 14.9. The Morgan fingerprint density at radius 1 is 1.43 bits per heavy atom. The number of carbonyl (C=O) groups excluding carboxylic acids is 2. The van der Waals surface area contributed by atoms with E-state index in [1.165, 1.54) is 0 Å². The summed E-state index contributed by atoms with van der Waals surface area (Å²) in [5, 5.41) is 6.59. The van der Waals surface area contributed by atoms with E-state index in [4.69, 9.17) is 11.6 Å². The normalized spacial score (nSPS) is 17.8. The van der Waals surface area contributed by atoms with Gasteiger partial charge in [-0.05, 0) is 25.5 Å². The minimum atomic E-state index is -0.463. The minimum absolute atomic E-state index is 0. The Hall–Kier alpha value is -1.30. The van der Waals surface area contributed by atoms with E-state index >= 15 is 0 Å².